The number of para-hydroxylation sites is 2. The van der Waals surface area contributed by atoms with Gasteiger partial charge in [-0.25, -0.2) is 8.42 Å². The van der Waals surface area contributed by atoms with Crippen LogP contribution in [0, 0.1) is 0 Å². The first-order chi connectivity index (χ1) is 15.8. The summed E-state index contributed by atoms with van der Waals surface area (Å²) in [5.41, 5.74) is 1.22. The summed E-state index contributed by atoms with van der Waals surface area (Å²) in [7, 11) is -4.03. The van der Waals surface area contributed by atoms with E-state index in [1.54, 1.807) is 59.5 Å². The number of hydrogen-bond donors (Lipinski definition) is 2. The van der Waals surface area contributed by atoms with Gasteiger partial charge in [0, 0.05) is 24.3 Å². The Labute approximate surface area is 197 Å². The van der Waals surface area contributed by atoms with Gasteiger partial charge in [0.15, 0.2) is 0 Å². The zero-order chi connectivity index (χ0) is 23.4. The van der Waals surface area contributed by atoms with E-state index >= 15 is 0 Å². The van der Waals surface area contributed by atoms with E-state index in [-0.39, 0.29) is 21.4 Å². The maximum absolute atomic E-state index is 13.0. The van der Waals surface area contributed by atoms with Crippen LogP contribution in [0.5, 0.6) is 0 Å². The Hall–Kier alpha value is -3.36. The van der Waals surface area contributed by atoms with Gasteiger partial charge in [-0.15, -0.1) is 0 Å². The molecule has 4 rings (SSSR count). The molecule has 0 spiro atoms. The average Bonchev–Trinajstić information content (AvgIpc) is 3.34. The minimum atomic E-state index is -4.03. The van der Waals surface area contributed by atoms with E-state index < -0.39 is 15.9 Å². The van der Waals surface area contributed by atoms with Gasteiger partial charge in [0.05, 0.1) is 16.3 Å². The fraction of sp³-hybridized carbons (Fsp3) is 0.167. The van der Waals surface area contributed by atoms with Gasteiger partial charge in [-0.05, 0) is 55.3 Å². The molecule has 0 saturated carbocycles. The number of sulfonamides is 1. The zero-order valence-electron chi connectivity index (χ0n) is 17.6. The van der Waals surface area contributed by atoms with Gasteiger partial charge >= 0.3 is 0 Å². The van der Waals surface area contributed by atoms with E-state index in [1.807, 2.05) is 0 Å². The number of benzene rings is 3. The van der Waals surface area contributed by atoms with Crippen LogP contribution >= 0.6 is 11.6 Å². The molecule has 1 fully saturated rings. The summed E-state index contributed by atoms with van der Waals surface area (Å²) in [5, 5.41) is 2.72. The van der Waals surface area contributed by atoms with Crippen LogP contribution in [-0.2, 0) is 10.0 Å². The van der Waals surface area contributed by atoms with Gasteiger partial charge in [0.25, 0.3) is 21.8 Å². The molecule has 0 radical (unpaired) electrons. The lowest BCUT2D eigenvalue weighted by Gasteiger charge is -2.18. The van der Waals surface area contributed by atoms with Crippen LogP contribution in [0.3, 0.4) is 0 Å². The smallest absolute Gasteiger partial charge is 0.263 e. The molecule has 0 bridgehead atoms. The van der Waals surface area contributed by atoms with Crippen molar-refractivity contribution in [1.29, 1.82) is 0 Å². The van der Waals surface area contributed by atoms with Crippen LogP contribution in [0.2, 0.25) is 5.02 Å². The molecule has 1 aliphatic rings. The molecule has 0 aliphatic carbocycles. The number of likely N-dealkylation sites (tertiary alicyclic amines) is 1. The molecule has 7 nitrogen and oxygen atoms in total. The molecule has 3 aromatic carbocycles. The number of nitrogens with zero attached hydrogens (tertiary/aromatic N) is 1. The predicted octanol–water partition coefficient (Wildman–Crippen LogP) is 4.63. The molecule has 1 saturated heterocycles. The third-order valence-electron chi connectivity index (χ3n) is 5.31. The van der Waals surface area contributed by atoms with E-state index in [0.29, 0.717) is 30.0 Å². The van der Waals surface area contributed by atoms with Crippen molar-refractivity contribution < 1.29 is 18.0 Å². The largest absolute Gasteiger partial charge is 0.339 e. The Balaban J connectivity index is 1.59. The highest BCUT2D eigenvalue weighted by Crippen LogP contribution is 2.26. The highest BCUT2D eigenvalue weighted by atomic mass is 35.5. The number of anilines is 2. The highest BCUT2D eigenvalue weighted by Gasteiger charge is 2.24. The molecule has 2 amide bonds. The van der Waals surface area contributed by atoms with E-state index in [4.69, 9.17) is 11.6 Å². The number of nitrogens with one attached hydrogen (secondary N) is 2. The average molecular weight is 484 g/mol. The van der Waals surface area contributed by atoms with Gasteiger partial charge < -0.3 is 10.2 Å². The van der Waals surface area contributed by atoms with Crippen LogP contribution in [0.4, 0.5) is 11.4 Å². The standard InChI is InChI=1S/C24H22ClN3O4S/c25-20-13-12-17(16-22(20)33(31,32)27-18-8-2-1-3-9-18)23(29)26-21-11-5-4-10-19(21)24(30)28-14-6-7-15-28/h1-5,8-13,16,27H,6-7,14-15H2,(H,26,29). The minimum absolute atomic E-state index is 0.0143. The number of carbonyl (C=O) groups is 2. The van der Waals surface area contributed by atoms with Crippen molar-refractivity contribution in [3.05, 3.63) is 88.9 Å². The van der Waals surface area contributed by atoms with Crippen molar-refractivity contribution >= 4 is 44.8 Å². The number of hydrogen-bond acceptors (Lipinski definition) is 4. The molecule has 1 aliphatic heterocycles. The van der Waals surface area contributed by atoms with Crippen LogP contribution in [0.1, 0.15) is 33.6 Å². The Morgan fingerprint density at radius 2 is 1.55 bits per heavy atom. The lowest BCUT2D eigenvalue weighted by Crippen LogP contribution is -2.28. The van der Waals surface area contributed by atoms with Crippen molar-refractivity contribution in [2.45, 2.75) is 17.7 Å². The maximum atomic E-state index is 13.0. The van der Waals surface area contributed by atoms with E-state index in [2.05, 4.69) is 10.0 Å². The summed E-state index contributed by atoms with van der Waals surface area (Å²) < 4.78 is 28.2. The molecule has 0 aromatic heterocycles. The Kier molecular flexibility index (Phi) is 6.67. The first-order valence-corrected chi connectivity index (χ1v) is 12.3. The summed E-state index contributed by atoms with van der Waals surface area (Å²) in [6.07, 6.45) is 1.92. The molecule has 1 heterocycles. The molecular weight excluding hydrogens is 462 g/mol. The monoisotopic (exact) mass is 483 g/mol. The zero-order valence-corrected chi connectivity index (χ0v) is 19.2. The van der Waals surface area contributed by atoms with Crippen LogP contribution < -0.4 is 10.0 Å². The number of carbonyl (C=O) groups excluding carboxylic acids is 2. The van der Waals surface area contributed by atoms with Crippen molar-refractivity contribution in [1.82, 2.24) is 4.90 Å². The second-order valence-electron chi connectivity index (χ2n) is 7.62. The Bertz CT molecular complexity index is 1290. The molecule has 2 N–H and O–H groups in total. The molecule has 0 atom stereocenters. The number of rotatable bonds is 6. The van der Waals surface area contributed by atoms with Crippen LogP contribution in [0.25, 0.3) is 0 Å². The third kappa shape index (κ3) is 5.18. The number of amides is 2. The molecular formula is C24H22ClN3O4S. The quantitative estimate of drug-likeness (QED) is 0.534. The summed E-state index contributed by atoms with van der Waals surface area (Å²) >= 11 is 6.15. The molecule has 33 heavy (non-hydrogen) atoms. The van der Waals surface area contributed by atoms with Crippen LogP contribution in [0.15, 0.2) is 77.7 Å². The predicted molar refractivity (Wildman–Crippen MR) is 128 cm³/mol. The van der Waals surface area contributed by atoms with E-state index in [1.165, 1.54) is 18.2 Å². The van der Waals surface area contributed by atoms with Crippen LogP contribution in [-0.4, -0.2) is 38.2 Å². The van der Waals surface area contributed by atoms with E-state index in [9.17, 15) is 18.0 Å². The summed E-state index contributed by atoms with van der Waals surface area (Å²) in [6.45, 7) is 1.38. The lowest BCUT2D eigenvalue weighted by atomic mass is 10.1. The first-order valence-electron chi connectivity index (χ1n) is 10.4. The lowest BCUT2D eigenvalue weighted by molar-refractivity contribution is 0.0794. The van der Waals surface area contributed by atoms with Crippen molar-refractivity contribution in [2.24, 2.45) is 0 Å². The Morgan fingerprint density at radius 3 is 2.27 bits per heavy atom. The van der Waals surface area contributed by atoms with Gasteiger partial charge in [0.2, 0.25) is 0 Å². The fourth-order valence-electron chi connectivity index (χ4n) is 3.63. The number of halogens is 1. The second kappa shape index (κ2) is 9.64. The van der Waals surface area contributed by atoms with E-state index in [0.717, 1.165) is 12.8 Å². The molecule has 0 unspecified atom stereocenters. The second-order valence-corrected chi connectivity index (χ2v) is 9.67. The molecule has 170 valence electrons. The Morgan fingerprint density at radius 1 is 0.879 bits per heavy atom. The summed E-state index contributed by atoms with van der Waals surface area (Å²) in [6, 6.07) is 19.2. The topological polar surface area (TPSA) is 95.6 Å². The van der Waals surface area contributed by atoms with Gasteiger partial charge in [-0.3, -0.25) is 14.3 Å². The normalized spacial score (nSPS) is 13.5. The summed E-state index contributed by atoms with van der Waals surface area (Å²) in [4.78, 5) is 27.4. The molecule has 9 heteroatoms. The SMILES string of the molecule is O=C(Nc1ccccc1C(=O)N1CCCC1)c1ccc(Cl)c(S(=O)(=O)Nc2ccccc2)c1. The minimum Gasteiger partial charge on any atom is -0.339 e. The maximum Gasteiger partial charge on any atom is 0.263 e. The van der Waals surface area contributed by atoms with Gasteiger partial charge in [-0.1, -0.05) is 41.9 Å². The summed E-state index contributed by atoms with van der Waals surface area (Å²) in [5.74, 6) is -0.695. The van der Waals surface area contributed by atoms with Gasteiger partial charge in [0.1, 0.15) is 4.90 Å². The third-order valence-corrected chi connectivity index (χ3v) is 7.17. The van der Waals surface area contributed by atoms with Gasteiger partial charge in [-0.2, -0.15) is 0 Å². The fourth-order valence-corrected chi connectivity index (χ4v) is 5.22. The molecule has 3 aromatic rings. The van der Waals surface area contributed by atoms with Crippen molar-refractivity contribution in [3.63, 3.8) is 0 Å². The van der Waals surface area contributed by atoms with Crippen molar-refractivity contribution in [2.75, 3.05) is 23.1 Å². The first kappa shape index (κ1) is 22.8. The highest BCUT2D eigenvalue weighted by molar-refractivity contribution is 7.92. The van der Waals surface area contributed by atoms with Crippen molar-refractivity contribution in [3.8, 4) is 0 Å².